The fourth-order valence-corrected chi connectivity index (χ4v) is 6.93. The van der Waals surface area contributed by atoms with Crippen LogP contribution in [0.4, 0.5) is 5.69 Å². The minimum absolute atomic E-state index is 0.0738. The van der Waals surface area contributed by atoms with Gasteiger partial charge in [-0.3, -0.25) is 13.9 Å². The Kier molecular flexibility index (Phi) is 10.1. The molecule has 1 heterocycles. The van der Waals surface area contributed by atoms with Crippen LogP contribution in [0.1, 0.15) is 55.2 Å². The van der Waals surface area contributed by atoms with E-state index in [-0.39, 0.29) is 50.6 Å². The van der Waals surface area contributed by atoms with Crippen LogP contribution in [0.25, 0.3) is 0 Å². The molecule has 5 rings (SSSR count). The van der Waals surface area contributed by atoms with Gasteiger partial charge in [0.2, 0.25) is 28.6 Å². The number of sulfonamides is 1. The summed E-state index contributed by atoms with van der Waals surface area (Å²) in [6, 6.07) is 22.1. The summed E-state index contributed by atoms with van der Waals surface area (Å²) >= 11 is 0. The number of rotatable bonds is 13. The Bertz CT molecular complexity index is 1560. The van der Waals surface area contributed by atoms with Crippen LogP contribution in [0.5, 0.6) is 11.5 Å². The van der Waals surface area contributed by atoms with E-state index in [1.54, 1.807) is 23.1 Å². The van der Waals surface area contributed by atoms with E-state index in [0.717, 1.165) is 48.6 Å². The van der Waals surface area contributed by atoms with Gasteiger partial charge in [0.1, 0.15) is 6.04 Å². The molecule has 1 N–H and O–H groups in total. The topological polar surface area (TPSA) is 105 Å². The molecule has 0 saturated heterocycles. The van der Waals surface area contributed by atoms with Gasteiger partial charge in [-0.05, 0) is 49.4 Å². The number of benzene rings is 3. The Hall–Kier alpha value is -4.05. The molecule has 3 aromatic rings. The summed E-state index contributed by atoms with van der Waals surface area (Å²) < 4.78 is 37.7. The third-order valence-corrected chi connectivity index (χ3v) is 9.40. The standard InChI is InChI=1S/C34H41N3O6S/c1-25-10-8-13-27(20-25)23-36(30(21-26-11-4-3-5-12-26)34(39)35-28-14-6-7-15-28)33(38)16-9-19-37(44(2,40)41)29-17-18-31-32(22-29)43-24-42-31/h3-5,8,10-13,17-18,20,22,28,30H,6-7,9,14-16,19,21,23-24H2,1-2H3,(H,35,39)/t30-/m0/s1. The summed E-state index contributed by atoms with van der Waals surface area (Å²) in [7, 11) is -3.64. The third-order valence-electron chi connectivity index (χ3n) is 8.20. The second kappa shape index (κ2) is 14.2. The van der Waals surface area contributed by atoms with Gasteiger partial charge in [-0.25, -0.2) is 8.42 Å². The molecule has 1 atom stereocenters. The molecule has 1 aliphatic carbocycles. The number of anilines is 1. The van der Waals surface area contributed by atoms with E-state index < -0.39 is 16.1 Å². The highest BCUT2D eigenvalue weighted by molar-refractivity contribution is 7.92. The number of fused-ring (bicyclic) bond motifs is 1. The van der Waals surface area contributed by atoms with Crippen LogP contribution in [0, 0.1) is 6.92 Å². The molecular weight excluding hydrogens is 578 g/mol. The van der Waals surface area contributed by atoms with E-state index >= 15 is 0 Å². The molecule has 44 heavy (non-hydrogen) atoms. The van der Waals surface area contributed by atoms with Gasteiger partial charge in [-0.1, -0.05) is 73.0 Å². The van der Waals surface area contributed by atoms with Crippen LogP contribution in [-0.4, -0.2) is 56.8 Å². The Balaban J connectivity index is 1.38. The Labute approximate surface area is 260 Å². The number of hydrogen-bond acceptors (Lipinski definition) is 6. The third kappa shape index (κ3) is 8.11. The summed E-state index contributed by atoms with van der Waals surface area (Å²) in [6.45, 7) is 2.45. The molecule has 0 spiro atoms. The quantitative estimate of drug-likeness (QED) is 0.290. The van der Waals surface area contributed by atoms with Gasteiger partial charge in [0, 0.05) is 38.0 Å². The first-order chi connectivity index (χ1) is 21.2. The van der Waals surface area contributed by atoms with E-state index in [2.05, 4.69) is 5.32 Å². The fourth-order valence-electron chi connectivity index (χ4n) is 5.97. The molecule has 2 amide bonds. The van der Waals surface area contributed by atoms with Gasteiger partial charge >= 0.3 is 0 Å². The zero-order chi connectivity index (χ0) is 31.1. The van der Waals surface area contributed by atoms with Crippen molar-refractivity contribution >= 4 is 27.5 Å². The number of ether oxygens (including phenoxy) is 2. The summed E-state index contributed by atoms with van der Waals surface area (Å²) in [5.74, 6) is 0.686. The lowest BCUT2D eigenvalue weighted by atomic mass is 10.0. The molecule has 10 heteroatoms. The predicted octanol–water partition coefficient (Wildman–Crippen LogP) is 4.97. The Morgan fingerprint density at radius 3 is 2.39 bits per heavy atom. The zero-order valence-electron chi connectivity index (χ0n) is 25.4. The van der Waals surface area contributed by atoms with E-state index in [4.69, 9.17) is 9.47 Å². The predicted molar refractivity (Wildman–Crippen MR) is 170 cm³/mol. The largest absolute Gasteiger partial charge is 0.454 e. The molecule has 0 aromatic heterocycles. The maximum atomic E-state index is 14.1. The van der Waals surface area contributed by atoms with Crippen molar-refractivity contribution in [3.63, 3.8) is 0 Å². The monoisotopic (exact) mass is 619 g/mol. The van der Waals surface area contributed by atoms with E-state index in [0.29, 0.717) is 23.6 Å². The first-order valence-corrected chi connectivity index (χ1v) is 17.1. The molecule has 2 aliphatic rings. The number of amides is 2. The van der Waals surface area contributed by atoms with E-state index in [9.17, 15) is 18.0 Å². The normalized spacial score (nSPS) is 15.1. The van der Waals surface area contributed by atoms with Crippen molar-refractivity contribution in [2.45, 2.75) is 70.5 Å². The minimum Gasteiger partial charge on any atom is -0.454 e. The number of aryl methyl sites for hydroxylation is 1. The van der Waals surface area contributed by atoms with Crippen LogP contribution in [0.2, 0.25) is 0 Å². The first kappa shape index (κ1) is 31.4. The van der Waals surface area contributed by atoms with Crippen LogP contribution in [0.15, 0.2) is 72.8 Å². The number of nitrogens with zero attached hydrogens (tertiary/aromatic N) is 2. The molecule has 0 radical (unpaired) electrons. The van der Waals surface area contributed by atoms with Crippen LogP contribution >= 0.6 is 0 Å². The smallest absolute Gasteiger partial charge is 0.243 e. The number of hydrogen-bond donors (Lipinski definition) is 1. The summed E-state index contributed by atoms with van der Waals surface area (Å²) in [4.78, 5) is 29.6. The maximum Gasteiger partial charge on any atom is 0.243 e. The maximum absolute atomic E-state index is 14.1. The van der Waals surface area contributed by atoms with Crippen LogP contribution in [0.3, 0.4) is 0 Å². The van der Waals surface area contributed by atoms with Gasteiger partial charge in [0.25, 0.3) is 0 Å². The molecule has 1 saturated carbocycles. The molecular formula is C34H41N3O6S. The van der Waals surface area contributed by atoms with Gasteiger partial charge in [0.15, 0.2) is 11.5 Å². The second-order valence-corrected chi connectivity index (χ2v) is 13.6. The van der Waals surface area contributed by atoms with E-state index in [1.807, 2.05) is 61.5 Å². The van der Waals surface area contributed by atoms with Crippen molar-refractivity contribution < 1.29 is 27.5 Å². The minimum atomic E-state index is -3.64. The highest BCUT2D eigenvalue weighted by atomic mass is 32.2. The molecule has 0 bridgehead atoms. The van der Waals surface area contributed by atoms with Crippen LogP contribution in [-0.2, 0) is 32.6 Å². The molecule has 3 aromatic carbocycles. The molecule has 1 fully saturated rings. The highest BCUT2D eigenvalue weighted by Crippen LogP contribution is 2.36. The fraction of sp³-hybridized carbons (Fsp3) is 0.412. The molecule has 234 valence electrons. The Morgan fingerprint density at radius 2 is 1.66 bits per heavy atom. The number of carbonyl (C=O) groups excluding carboxylic acids is 2. The SMILES string of the molecule is Cc1cccc(CN(C(=O)CCCN(c2ccc3c(c2)OCO3)S(C)(=O)=O)[C@@H](Cc2ccccc2)C(=O)NC2CCCC2)c1. The zero-order valence-corrected chi connectivity index (χ0v) is 26.2. The first-order valence-electron chi connectivity index (χ1n) is 15.2. The van der Waals surface area contributed by atoms with Gasteiger partial charge in [-0.15, -0.1) is 0 Å². The molecule has 9 nitrogen and oxygen atoms in total. The van der Waals surface area contributed by atoms with Crippen molar-refractivity contribution in [2.24, 2.45) is 0 Å². The van der Waals surface area contributed by atoms with Gasteiger partial charge in [0.05, 0.1) is 11.9 Å². The van der Waals surface area contributed by atoms with Crippen molar-refractivity contribution in [2.75, 3.05) is 23.9 Å². The summed E-state index contributed by atoms with van der Waals surface area (Å²) in [5, 5.41) is 3.23. The van der Waals surface area contributed by atoms with E-state index in [1.165, 1.54) is 4.31 Å². The molecule has 0 unspecified atom stereocenters. The average Bonchev–Trinajstić information content (AvgIpc) is 3.69. The second-order valence-electron chi connectivity index (χ2n) is 11.7. The Morgan fingerprint density at radius 1 is 0.932 bits per heavy atom. The summed E-state index contributed by atoms with van der Waals surface area (Å²) in [6.07, 6.45) is 5.92. The highest BCUT2D eigenvalue weighted by Gasteiger charge is 2.32. The van der Waals surface area contributed by atoms with Crippen molar-refractivity contribution in [3.05, 3.63) is 89.5 Å². The molecule has 1 aliphatic heterocycles. The van der Waals surface area contributed by atoms with Crippen molar-refractivity contribution in [1.82, 2.24) is 10.2 Å². The lowest BCUT2D eigenvalue weighted by Crippen LogP contribution is -2.52. The lowest BCUT2D eigenvalue weighted by molar-refractivity contribution is -0.141. The lowest BCUT2D eigenvalue weighted by Gasteiger charge is -2.33. The van der Waals surface area contributed by atoms with Gasteiger partial charge in [-0.2, -0.15) is 0 Å². The van der Waals surface area contributed by atoms with Gasteiger partial charge < -0.3 is 19.7 Å². The van der Waals surface area contributed by atoms with Crippen molar-refractivity contribution in [1.29, 1.82) is 0 Å². The average molecular weight is 620 g/mol. The number of carbonyl (C=O) groups is 2. The summed E-state index contributed by atoms with van der Waals surface area (Å²) in [5.41, 5.74) is 3.41. The van der Waals surface area contributed by atoms with Crippen LogP contribution < -0.4 is 19.1 Å². The van der Waals surface area contributed by atoms with Crippen molar-refractivity contribution in [3.8, 4) is 11.5 Å². The number of nitrogens with one attached hydrogen (secondary N) is 1.